The first-order valence-corrected chi connectivity index (χ1v) is 31.4. The third-order valence-corrected chi connectivity index (χ3v) is 15.4. The summed E-state index contributed by atoms with van der Waals surface area (Å²) in [4.78, 5) is 13.1. The van der Waals surface area contributed by atoms with Crippen molar-refractivity contribution >= 4 is 5.91 Å². The van der Waals surface area contributed by atoms with Crippen LogP contribution in [0.3, 0.4) is 0 Å². The Morgan fingerprint density at radius 2 is 0.775 bits per heavy atom. The molecule has 0 aliphatic carbocycles. The average molecular weight is 1010 g/mol. The lowest BCUT2D eigenvalue weighted by atomic mass is 9.99. The highest BCUT2D eigenvalue weighted by atomic mass is 16.7. The van der Waals surface area contributed by atoms with Crippen molar-refractivity contribution in [2.24, 2.45) is 0 Å². The van der Waals surface area contributed by atoms with E-state index in [2.05, 4.69) is 19.2 Å². The van der Waals surface area contributed by atoms with E-state index < -0.39 is 49.5 Å². The van der Waals surface area contributed by atoms with Crippen LogP contribution in [0.25, 0.3) is 0 Å². The summed E-state index contributed by atoms with van der Waals surface area (Å²) < 4.78 is 11.3. The van der Waals surface area contributed by atoms with Gasteiger partial charge in [-0.1, -0.05) is 309 Å². The molecule has 422 valence electrons. The maximum absolute atomic E-state index is 13.1. The van der Waals surface area contributed by atoms with Gasteiger partial charge in [0.2, 0.25) is 5.91 Å². The summed E-state index contributed by atoms with van der Waals surface area (Å²) in [6.07, 6.45) is 58.9. The van der Waals surface area contributed by atoms with Gasteiger partial charge in [0.15, 0.2) is 6.29 Å². The maximum Gasteiger partial charge on any atom is 0.220 e. The predicted molar refractivity (Wildman–Crippen MR) is 300 cm³/mol. The van der Waals surface area contributed by atoms with Gasteiger partial charge in [-0.05, 0) is 19.3 Å². The molecule has 71 heavy (non-hydrogen) atoms. The van der Waals surface area contributed by atoms with E-state index in [0.29, 0.717) is 6.42 Å². The van der Waals surface area contributed by atoms with Crippen molar-refractivity contribution in [3.05, 3.63) is 12.2 Å². The number of aliphatic hydroxyl groups excluding tert-OH is 5. The van der Waals surface area contributed by atoms with E-state index in [9.17, 15) is 30.3 Å². The molecule has 9 nitrogen and oxygen atoms in total. The monoisotopic (exact) mass is 1010 g/mol. The standard InChI is InChI=1S/C62H121NO8/c1-3-5-7-9-11-13-15-17-19-20-21-22-23-24-25-26-27-28-29-30-31-32-33-34-35-36-37-38-40-42-44-46-48-50-52-58(66)63-55(54-70-62-61(69)60(68)59(67)57(53-64)71-62)56(65)51-49-47-45-43-41-39-18-16-14-12-10-8-6-4-2/h49,51,55-57,59-62,64-65,67-69H,3-48,50,52-54H2,1-2H3,(H,63,66)/b51-49+. The number of aliphatic hydroxyl groups is 5. The van der Waals surface area contributed by atoms with Crippen molar-refractivity contribution < 1.29 is 39.8 Å². The Morgan fingerprint density at radius 3 is 1.10 bits per heavy atom. The molecule has 6 N–H and O–H groups in total. The number of unbranched alkanes of at least 4 members (excludes halogenated alkanes) is 45. The van der Waals surface area contributed by atoms with Crippen molar-refractivity contribution in [3.63, 3.8) is 0 Å². The highest BCUT2D eigenvalue weighted by molar-refractivity contribution is 5.76. The predicted octanol–water partition coefficient (Wildman–Crippen LogP) is 16.0. The minimum absolute atomic E-state index is 0.170. The molecular weight excluding hydrogens is 887 g/mol. The van der Waals surface area contributed by atoms with Crippen molar-refractivity contribution in [3.8, 4) is 0 Å². The van der Waals surface area contributed by atoms with Crippen molar-refractivity contribution in [1.82, 2.24) is 5.32 Å². The first-order valence-electron chi connectivity index (χ1n) is 31.4. The molecular formula is C62H121NO8. The Balaban J connectivity index is 2.07. The molecule has 1 heterocycles. The summed E-state index contributed by atoms with van der Waals surface area (Å²) in [6.45, 7) is 3.81. The van der Waals surface area contributed by atoms with Crippen LogP contribution in [0.4, 0.5) is 0 Å². The Kier molecular flexibility index (Phi) is 50.1. The normalized spacial score (nSPS) is 19.2. The van der Waals surface area contributed by atoms with Gasteiger partial charge in [-0.25, -0.2) is 0 Å². The molecule has 9 heteroatoms. The van der Waals surface area contributed by atoms with Crippen LogP contribution < -0.4 is 5.32 Å². The number of hydrogen-bond acceptors (Lipinski definition) is 8. The van der Waals surface area contributed by atoms with Gasteiger partial charge in [-0.2, -0.15) is 0 Å². The molecule has 7 unspecified atom stereocenters. The highest BCUT2D eigenvalue weighted by Gasteiger charge is 2.44. The minimum Gasteiger partial charge on any atom is -0.394 e. The molecule has 0 aromatic carbocycles. The lowest BCUT2D eigenvalue weighted by Gasteiger charge is -2.40. The molecule has 1 aliphatic heterocycles. The number of ether oxygens (including phenoxy) is 2. The zero-order valence-electron chi connectivity index (χ0n) is 47.0. The first kappa shape index (κ1) is 67.9. The number of allylic oxidation sites excluding steroid dienone is 1. The SMILES string of the molecule is CCCCCCCCCCCCCC/C=C/C(O)C(COC1OC(CO)C(O)C(O)C1O)NC(=O)CCCCCCCCCCCCCCCCCCCCCCCCCCCCCCCCCCCC. The summed E-state index contributed by atoms with van der Waals surface area (Å²) in [5.41, 5.74) is 0. The Bertz CT molecular complexity index is 1120. The van der Waals surface area contributed by atoms with Crippen molar-refractivity contribution in [2.75, 3.05) is 13.2 Å². The number of hydrogen-bond donors (Lipinski definition) is 6. The summed E-state index contributed by atoms with van der Waals surface area (Å²) in [7, 11) is 0. The number of nitrogens with one attached hydrogen (secondary N) is 1. The fourth-order valence-corrected chi connectivity index (χ4v) is 10.4. The number of amides is 1. The van der Waals surface area contributed by atoms with Crippen LogP contribution in [0.5, 0.6) is 0 Å². The van der Waals surface area contributed by atoms with E-state index in [4.69, 9.17) is 9.47 Å². The second-order valence-electron chi connectivity index (χ2n) is 22.2. The molecule has 1 rings (SSSR count). The van der Waals surface area contributed by atoms with E-state index in [1.807, 2.05) is 6.08 Å². The zero-order chi connectivity index (χ0) is 51.5. The number of carbonyl (C=O) groups excluding carboxylic acids is 1. The van der Waals surface area contributed by atoms with E-state index >= 15 is 0 Å². The fraction of sp³-hybridized carbons (Fsp3) is 0.952. The van der Waals surface area contributed by atoms with Crippen LogP contribution in [0.1, 0.15) is 322 Å². The Labute approximate surface area is 439 Å². The fourth-order valence-electron chi connectivity index (χ4n) is 10.4. The molecule has 0 radical (unpaired) electrons. The maximum atomic E-state index is 13.1. The van der Waals surface area contributed by atoms with Gasteiger partial charge in [0.1, 0.15) is 24.4 Å². The summed E-state index contributed by atoms with van der Waals surface area (Å²) >= 11 is 0. The van der Waals surface area contributed by atoms with Gasteiger partial charge in [-0.15, -0.1) is 0 Å². The number of rotatable bonds is 55. The second-order valence-corrected chi connectivity index (χ2v) is 22.2. The van der Waals surface area contributed by atoms with Gasteiger partial charge in [0.25, 0.3) is 0 Å². The summed E-state index contributed by atoms with van der Waals surface area (Å²) in [5, 5.41) is 54.5. The van der Waals surface area contributed by atoms with Crippen LogP contribution >= 0.6 is 0 Å². The Morgan fingerprint density at radius 1 is 0.465 bits per heavy atom. The van der Waals surface area contributed by atoms with Crippen LogP contribution in [0, 0.1) is 0 Å². The Hall–Kier alpha value is -1.07. The molecule has 1 saturated heterocycles. The van der Waals surface area contributed by atoms with Crippen LogP contribution in [0.2, 0.25) is 0 Å². The molecule has 0 aromatic rings. The third kappa shape index (κ3) is 41.8. The van der Waals surface area contributed by atoms with E-state index in [1.54, 1.807) is 6.08 Å². The second kappa shape index (κ2) is 52.4. The van der Waals surface area contributed by atoms with Gasteiger partial charge in [-0.3, -0.25) is 4.79 Å². The van der Waals surface area contributed by atoms with Gasteiger partial charge >= 0.3 is 0 Å². The van der Waals surface area contributed by atoms with Crippen LogP contribution in [-0.2, 0) is 14.3 Å². The van der Waals surface area contributed by atoms with Crippen LogP contribution in [-0.4, -0.2) is 87.5 Å². The van der Waals surface area contributed by atoms with E-state index in [0.717, 1.165) is 38.5 Å². The smallest absolute Gasteiger partial charge is 0.220 e. The van der Waals surface area contributed by atoms with Gasteiger partial charge in [0, 0.05) is 6.42 Å². The lowest BCUT2D eigenvalue weighted by molar-refractivity contribution is -0.302. The van der Waals surface area contributed by atoms with Gasteiger partial charge < -0.3 is 40.3 Å². The summed E-state index contributed by atoms with van der Waals surface area (Å²) in [5.74, 6) is -0.170. The average Bonchev–Trinajstić information content (AvgIpc) is 3.37. The molecule has 7 atom stereocenters. The van der Waals surface area contributed by atoms with E-state index in [-0.39, 0.29) is 12.5 Å². The van der Waals surface area contributed by atoms with Gasteiger partial charge in [0.05, 0.1) is 25.4 Å². The molecule has 1 fully saturated rings. The third-order valence-electron chi connectivity index (χ3n) is 15.4. The molecule has 0 bridgehead atoms. The molecule has 1 amide bonds. The topological polar surface area (TPSA) is 149 Å². The molecule has 0 spiro atoms. The number of carbonyl (C=O) groups is 1. The quantitative estimate of drug-likeness (QED) is 0.0261. The zero-order valence-corrected chi connectivity index (χ0v) is 47.0. The molecule has 0 saturated carbocycles. The summed E-state index contributed by atoms with van der Waals surface area (Å²) in [6, 6.07) is -0.800. The largest absolute Gasteiger partial charge is 0.394 e. The van der Waals surface area contributed by atoms with Crippen molar-refractivity contribution in [1.29, 1.82) is 0 Å². The lowest BCUT2D eigenvalue weighted by Crippen LogP contribution is -2.60. The first-order chi connectivity index (χ1) is 34.8. The van der Waals surface area contributed by atoms with E-state index in [1.165, 1.54) is 263 Å². The highest BCUT2D eigenvalue weighted by Crippen LogP contribution is 2.23. The molecule has 0 aromatic heterocycles. The van der Waals surface area contributed by atoms with Crippen molar-refractivity contribution in [2.45, 2.75) is 365 Å². The molecule has 1 aliphatic rings. The van der Waals surface area contributed by atoms with Crippen LogP contribution in [0.15, 0.2) is 12.2 Å². The minimum atomic E-state index is -1.56.